The van der Waals surface area contributed by atoms with E-state index in [0.29, 0.717) is 13.0 Å². The summed E-state index contributed by atoms with van der Waals surface area (Å²) in [6.07, 6.45) is 2.23. The SMILES string of the molecule is CCn1ncnc1[C@@H](C)Nc1nc(CCN)nc2ccccc12. The van der Waals surface area contributed by atoms with Gasteiger partial charge in [-0.2, -0.15) is 5.10 Å². The van der Waals surface area contributed by atoms with Crippen LogP contribution in [-0.4, -0.2) is 31.3 Å². The Balaban J connectivity index is 1.98. The third-order valence-corrected chi connectivity index (χ3v) is 3.70. The highest BCUT2D eigenvalue weighted by Crippen LogP contribution is 2.24. The number of rotatable bonds is 6. The van der Waals surface area contributed by atoms with Gasteiger partial charge in [-0.3, -0.25) is 0 Å². The lowest BCUT2D eigenvalue weighted by Gasteiger charge is -2.16. The van der Waals surface area contributed by atoms with Gasteiger partial charge >= 0.3 is 0 Å². The number of para-hydroxylation sites is 1. The van der Waals surface area contributed by atoms with Crippen LogP contribution in [0.5, 0.6) is 0 Å². The Labute approximate surface area is 135 Å². The van der Waals surface area contributed by atoms with Crippen molar-refractivity contribution in [3.8, 4) is 0 Å². The molecule has 0 aliphatic heterocycles. The molecule has 0 saturated heterocycles. The fourth-order valence-corrected chi connectivity index (χ4v) is 2.60. The van der Waals surface area contributed by atoms with Gasteiger partial charge < -0.3 is 11.1 Å². The monoisotopic (exact) mass is 311 g/mol. The quantitative estimate of drug-likeness (QED) is 0.722. The molecule has 0 fully saturated rings. The summed E-state index contributed by atoms with van der Waals surface area (Å²) in [6, 6.07) is 7.95. The number of hydrogen-bond acceptors (Lipinski definition) is 6. The summed E-state index contributed by atoms with van der Waals surface area (Å²) in [5.41, 5.74) is 6.56. The number of benzene rings is 1. The van der Waals surface area contributed by atoms with E-state index in [1.54, 1.807) is 6.33 Å². The zero-order valence-electron chi connectivity index (χ0n) is 13.4. The van der Waals surface area contributed by atoms with Crippen LogP contribution < -0.4 is 11.1 Å². The topological polar surface area (TPSA) is 94.5 Å². The maximum atomic E-state index is 5.65. The molecule has 7 heteroatoms. The second-order valence-electron chi connectivity index (χ2n) is 5.34. The van der Waals surface area contributed by atoms with Crippen LogP contribution in [0.2, 0.25) is 0 Å². The molecule has 23 heavy (non-hydrogen) atoms. The van der Waals surface area contributed by atoms with Gasteiger partial charge in [-0.15, -0.1) is 0 Å². The molecule has 0 amide bonds. The van der Waals surface area contributed by atoms with Gasteiger partial charge in [0.1, 0.15) is 23.8 Å². The molecule has 1 aromatic carbocycles. The third-order valence-electron chi connectivity index (χ3n) is 3.70. The lowest BCUT2D eigenvalue weighted by molar-refractivity contribution is 0.592. The molecule has 0 unspecified atom stereocenters. The molecule has 0 spiro atoms. The van der Waals surface area contributed by atoms with Crippen LogP contribution >= 0.6 is 0 Å². The normalized spacial score (nSPS) is 12.5. The minimum atomic E-state index is -0.0125. The summed E-state index contributed by atoms with van der Waals surface area (Å²) in [5, 5.41) is 8.66. The number of aryl methyl sites for hydroxylation is 1. The Morgan fingerprint density at radius 2 is 2.09 bits per heavy atom. The van der Waals surface area contributed by atoms with E-state index in [4.69, 9.17) is 5.73 Å². The number of nitrogens with zero attached hydrogens (tertiary/aromatic N) is 5. The summed E-state index contributed by atoms with van der Waals surface area (Å²) in [4.78, 5) is 13.5. The highest BCUT2D eigenvalue weighted by Gasteiger charge is 2.15. The van der Waals surface area contributed by atoms with Gasteiger partial charge in [0.05, 0.1) is 11.6 Å². The zero-order valence-corrected chi connectivity index (χ0v) is 13.4. The van der Waals surface area contributed by atoms with Crippen LogP contribution in [0.25, 0.3) is 10.9 Å². The second-order valence-corrected chi connectivity index (χ2v) is 5.34. The van der Waals surface area contributed by atoms with Crippen LogP contribution in [0.15, 0.2) is 30.6 Å². The molecule has 3 aromatic rings. The Hall–Kier alpha value is -2.54. The smallest absolute Gasteiger partial charge is 0.149 e. The van der Waals surface area contributed by atoms with E-state index in [1.807, 2.05) is 35.9 Å². The summed E-state index contributed by atoms with van der Waals surface area (Å²) in [5.74, 6) is 2.44. The van der Waals surface area contributed by atoms with Crippen LogP contribution in [0.1, 0.15) is 31.5 Å². The first-order chi connectivity index (χ1) is 11.2. The van der Waals surface area contributed by atoms with E-state index in [0.717, 1.165) is 34.9 Å². The van der Waals surface area contributed by atoms with Crippen molar-refractivity contribution in [2.24, 2.45) is 5.73 Å². The summed E-state index contributed by atoms with van der Waals surface area (Å²) in [7, 11) is 0. The molecule has 0 radical (unpaired) electrons. The molecule has 2 heterocycles. The highest BCUT2D eigenvalue weighted by molar-refractivity contribution is 5.89. The molecule has 3 N–H and O–H groups in total. The van der Waals surface area contributed by atoms with E-state index in [-0.39, 0.29) is 6.04 Å². The largest absolute Gasteiger partial charge is 0.360 e. The standard InChI is InChI=1S/C16H21N7/c1-3-23-16(18-10-19-23)11(2)20-15-12-6-4-5-7-13(12)21-14(22-15)8-9-17/h4-7,10-11H,3,8-9,17H2,1-2H3,(H,20,21,22)/t11-/m1/s1. The Morgan fingerprint density at radius 3 is 2.87 bits per heavy atom. The summed E-state index contributed by atoms with van der Waals surface area (Å²) in [6.45, 7) is 5.40. The molecule has 2 aromatic heterocycles. The molecule has 120 valence electrons. The maximum Gasteiger partial charge on any atom is 0.149 e. The van der Waals surface area contributed by atoms with Gasteiger partial charge in [-0.05, 0) is 32.5 Å². The lowest BCUT2D eigenvalue weighted by atomic mass is 10.2. The summed E-state index contributed by atoms with van der Waals surface area (Å²) >= 11 is 0. The van der Waals surface area contributed by atoms with Gasteiger partial charge in [-0.1, -0.05) is 12.1 Å². The molecule has 0 aliphatic carbocycles. The van der Waals surface area contributed by atoms with E-state index < -0.39 is 0 Å². The Kier molecular flexibility index (Phi) is 4.47. The number of nitrogens with one attached hydrogen (secondary N) is 1. The van der Waals surface area contributed by atoms with Gasteiger partial charge in [0.2, 0.25) is 0 Å². The molecular weight excluding hydrogens is 290 g/mol. The molecule has 7 nitrogen and oxygen atoms in total. The van der Waals surface area contributed by atoms with Crippen LogP contribution in [-0.2, 0) is 13.0 Å². The molecule has 0 bridgehead atoms. The zero-order chi connectivity index (χ0) is 16.2. The van der Waals surface area contributed by atoms with Crippen molar-refractivity contribution >= 4 is 16.7 Å². The predicted octanol–water partition coefficient (Wildman–Crippen LogP) is 1.92. The minimum Gasteiger partial charge on any atom is -0.360 e. The first kappa shape index (κ1) is 15.4. The number of nitrogens with two attached hydrogens (primary N) is 1. The molecule has 1 atom stereocenters. The average Bonchev–Trinajstić information content (AvgIpc) is 3.04. The van der Waals surface area contributed by atoms with Crippen LogP contribution in [0, 0.1) is 0 Å². The van der Waals surface area contributed by atoms with E-state index in [2.05, 4.69) is 32.3 Å². The number of fused-ring (bicyclic) bond motifs is 1. The number of aromatic nitrogens is 5. The van der Waals surface area contributed by atoms with E-state index in [9.17, 15) is 0 Å². The van der Waals surface area contributed by atoms with Crippen molar-refractivity contribution in [3.63, 3.8) is 0 Å². The third kappa shape index (κ3) is 3.14. The Bertz CT molecular complexity index is 796. The molecule has 3 rings (SSSR count). The number of hydrogen-bond donors (Lipinski definition) is 2. The van der Waals surface area contributed by atoms with Gasteiger partial charge in [0.15, 0.2) is 0 Å². The number of anilines is 1. The van der Waals surface area contributed by atoms with Gasteiger partial charge in [0.25, 0.3) is 0 Å². The first-order valence-corrected chi connectivity index (χ1v) is 7.83. The molecule has 0 aliphatic rings. The predicted molar refractivity (Wildman–Crippen MR) is 90.0 cm³/mol. The van der Waals surface area contributed by atoms with Gasteiger partial charge in [0, 0.05) is 18.4 Å². The fourth-order valence-electron chi connectivity index (χ4n) is 2.60. The van der Waals surface area contributed by atoms with Crippen molar-refractivity contribution in [1.82, 2.24) is 24.7 Å². The van der Waals surface area contributed by atoms with Crippen molar-refractivity contribution < 1.29 is 0 Å². The molecular formula is C16H21N7. The minimum absolute atomic E-state index is 0.0125. The lowest BCUT2D eigenvalue weighted by Crippen LogP contribution is -2.16. The second kappa shape index (κ2) is 6.70. The maximum absolute atomic E-state index is 5.65. The van der Waals surface area contributed by atoms with Crippen molar-refractivity contribution in [2.75, 3.05) is 11.9 Å². The van der Waals surface area contributed by atoms with E-state index >= 15 is 0 Å². The van der Waals surface area contributed by atoms with Crippen molar-refractivity contribution in [1.29, 1.82) is 0 Å². The average molecular weight is 311 g/mol. The first-order valence-electron chi connectivity index (χ1n) is 7.83. The highest BCUT2D eigenvalue weighted by atomic mass is 15.3. The summed E-state index contributed by atoms with van der Waals surface area (Å²) < 4.78 is 1.88. The Morgan fingerprint density at radius 1 is 1.26 bits per heavy atom. The van der Waals surface area contributed by atoms with Crippen LogP contribution in [0.3, 0.4) is 0 Å². The van der Waals surface area contributed by atoms with Crippen molar-refractivity contribution in [3.05, 3.63) is 42.2 Å². The van der Waals surface area contributed by atoms with E-state index in [1.165, 1.54) is 0 Å². The van der Waals surface area contributed by atoms with Crippen molar-refractivity contribution in [2.45, 2.75) is 32.9 Å². The molecule has 0 saturated carbocycles. The fraction of sp³-hybridized carbons (Fsp3) is 0.375. The van der Waals surface area contributed by atoms with Gasteiger partial charge in [-0.25, -0.2) is 19.6 Å². The van der Waals surface area contributed by atoms with Crippen LogP contribution in [0.4, 0.5) is 5.82 Å².